The zero-order valence-electron chi connectivity index (χ0n) is 18.6. The van der Waals surface area contributed by atoms with Crippen molar-refractivity contribution in [3.8, 4) is 0 Å². The summed E-state index contributed by atoms with van der Waals surface area (Å²) in [5.74, 6) is -1.36. The molecular weight excluding hydrogens is 406 g/mol. The van der Waals surface area contributed by atoms with Gasteiger partial charge >= 0.3 is 0 Å². The van der Waals surface area contributed by atoms with Crippen LogP contribution in [0.15, 0.2) is 48.3 Å². The van der Waals surface area contributed by atoms with Crippen LogP contribution in [0.1, 0.15) is 34.7 Å². The number of nitrogens with zero attached hydrogens (tertiary/aromatic N) is 3. The average Bonchev–Trinajstić information content (AvgIpc) is 3.06. The molecule has 1 aromatic carbocycles. The number of likely N-dealkylation sites (tertiary alicyclic amines) is 1. The maximum absolute atomic E-state index is 13.1. The number of Topliss-reactive ketones (excluding diaryl/α,β-unsaturated/α-hetero) is 1. The van der Waals surface area contributed by atoms with E-state index in [0.717, 1.165) is 50.4 Å². The van der Waals surface area contributed by atoms with Gasteiger partial charge in [-0.15, -0.1) is 0 Å². The summed E-state index contributed by atoms with van der Waals surface area (Å²) < 4.78 is 5.39. The zero-order chi connectivity index (χ0) is 22.7. The SMILES string of the molecule is Cc1ccc(C)c(/C(O)=C2/C(=O)C(=O)N(CCCN3CCOCC3)C2c2cccnc2)c1. The van der Waals surface area contributed by atoms with Gasteiger partial charge in [0.2, 0.25) is 0 Å². The fourth-order valence-corrected chi connectivity index (χ4v) is 4.42. The number of aliphatic hydroxyl groups is 1. The standard InChI is InChI=1S/C25H29N3O4/c1-17-6-7-18(2)20(15-17)23(29)21-22(19-5-3-8-26-16-19)28(25(31)24(21)30)10-4-9-27-11-13-32-14-12-27/h3,5-8,15-16,22,29H,4,9-14H2,1-2H3/b23-21-. The van der Waals surface area contributed by atoms with Gasteiger partial charge in [-0.25, -0.2) is 0 Å². The van der Waals surface area contributed by atoms with Gasteiger partial charge in [0.15, 0.2) is 0 Å². The second kappa shape index (κ2) is 9.63. The summed E-state index contributed by atoms with van der Waals surface area (Å²) in [4.78, 5) is 34.2. The summed E-state index contributed by atoms with van der Waals surface area (Å²) in [6.07, 6.45) is 4.04. The molecule has 32 heavy (non-hydrogen) atoms. The summed E-state index contributed by atoms with van der Waals surface area (Å²) >= 11 is 0. The van der Waals surface area contributed by atoms with Crippen molar-refractivity contribution in [2.24, 2.45) is 0 Å². The number of hydrogen-bond donors (Lipinski definition) is 1. The van der Waals surface area contributed by atoms with E-state index in [0.29, 0.717) is 17.7 Å². The normalized spacial score (nSPS) is 21.3. The van der Waals surface area contributed by atoms with E-state index in [9.17, 15) is 14.7 Å². The number of morpholine rings is 1. The minimum absolute atomic E-state index is 0.128. The number of carbonyl (C=O) groups excluding carboxylic acids is 2. The van der Waals surface area contributed by atoms with E-state index in [1.807, 2.05) is 38.1 Å². The first-order chi connectivity index (χ1) is 15.5. The van der Waals surface area contributed by atoms with Gasteiger partial charge in [0, 0.05) is 44.1 Å². The van der Waals surface area contributed by atoms with Crippen molar-refractivity contribution in [3.63, 3.8) is 0 Å². The molecule has 0 aliphatic carbocycles. The number of pyridine rings is 1. The van der Waals surface area contributed by atoms with Gasteiger partial charge in [0.1, 0.15) is 5.76 Å². The van der Waals surface area contributed by atoms with E-state index < -0.39 is 17.7 Å². The molecule has 1 atom stereocenters. The predicted molar refractivity (Wildman–Crippen MR) is 121 cm³/mol. The molecule has 1 aromatic heterocycles. The van der Waals surface area contributed by atoms with Crippen LogP contribution in [0.4, 0.5) is 0 Å². The van der Waals surface area contributed by atoms with Crippen LogP contribution in [-0.4, -0.2) is 71.0 Å². The van der Waals surface area contributed by atoms with Gasteiger partial charge in [-0.3, -0.25) is 19.5 Å². The average molecular weight is 436 g/mol. The molecule has 3 heterocycles. The van der Waals surface area contributed by atoms with E-state index in [-0.39, 0.29) is 11.3 Å². The summed E-state index contributed by atoms with van der Waals surface area (Å²) in [6.45, 7) is 8.24. The highest BCUT2D eigenvalue weighted by atomic mass is 16.5. The van der Waals surface area contributed by atoms with E-state index >= 15 is 0 Å². The first-order valence-electron chi connectivity index (χ1n) is 11.0. The van der Waals surface area contributed by atoms with Crippen molar-refractivity contribution in [2.75, 3.05) is 39.4 Å². The van der Waals surface area contributed by atoms with E-state index in [1.165, 1.54) is 0 Å². The molecule has 4 rings (SSSR count). The Labute approximate surface area is 188 Å². The van der Waals surface area contributed by atoms with Gasteiger partial charge in [0.05, 0.1) is 24.8 Å². The maximum atomic E-state index is 13.1. The summed E-state index contributed by atoms with van der Waals surface area (Å²) in [5, 5.41) is 11.2. The lowest BCUT2D eigenvalue weighted by Gasteiger charge is -2.29. The highest BCUT2D eigenvalue weighted by Crippen LogP contribution is 2.39. The minimum Gasteiger partial charge on any atom is -0.507 e. The van der Waals surface area contributed by atoms with E-state index in [2.05, 4.69) is 9.88 Å². The highest BCUT2D eigenvalue weighted by Gasteiger charge is 2.46. The van der Waals surface area contributed by atoms with Crippen LogP contribution >= 0.6 is 0 Å². The van der Waals surface area contributed by atoms with Crippen LogP contribution in [0, 0.1) is 13.8 Å². The molecule has 1 N–H and O–H groups in total. The number of aryl methyl sites for hydroxylation is 2. The predicted octanol–water partition coefficient (Wildman–Crippen LogP) is 2.84. The Balaban J connectivity index is 1.68. The lowest BCUT2D eigenvalue weighted by Crippen LogP contribution is -2.39. The first kappa shape index (κ1) is 22.2. The van der Waals surface area contributed by atoms with Gasteiger partial charge in [-0.05, 0) is 43.5 Å². The Morgan fingerprint density at radius 1 is 1.16 bits per heavy atom. The van der Waals surface area contributed by atoms with Crippen LogP contribution in [-0.2, 0) is 14.3 Å². The molecule has 2 saturated heterocycles. The van der Waals surface area contributed by atoms with Crippen LogP contribution in [0.3, 0.4) is 0 Å². The quantitative estimate of drug-likeness (QED) is 0.427. The highest BCUT2D eigenvalue weighted by molar-refractivity contribution is 6.46. The molecule has 2 aliphatic heterocycles. The number of hydrogen-bond acceptors (Lipinski definition) is 6. The third kappa shape index (κ3) is 4.45. The van der Waals surface area contributed by atoms with Crippen LogP contribution in [0.25, 0.3) is 5.76 Å². The molecular formula is C25H29N3O4. The van der Waals surface area contributed by atoms with Crippen LogP contribution in [0.2, 0.25) is 0 Å². The molecule has 7 heteroatoms. The summed E-state index contributed by atoms with van der Waals surface area (Å²) in [6, 6.07) is 8.66. The zero-order valence-corrected chi connectivity index (χ0v) is 18.6. The van der Waals surface area contributed by atoms with E-state index in [1.54, 1.807) is 23.4 Å². The van der Waals surface area contributed by atoms with Crippen molar-refractivity contribution in [2.45, 2.75) is 26.3 Å². The van der Waals surface area contributed by atoms with Crippen molar-refractivity contribution < 1.29 is 19.4 Å². The van der Waals surface area contributed by atoms with Gasteiger partial charge in [-0.1, -0.05) is 23.8 Å². The van der Waals surface area contributed by atoms with Gasteiger partial charge < -0.3 is 14.7 Å². The molecule has 0 spiro atoms. The minimum atomic E-state index is -0.659. The maximum Gasteiger partial charge on any atom is 0.295 e. The van der Waals surface area contributed by atoms with Crippen molar-refractivity contribution in [3.05, 3.63) is 70.6 Å². The number of ether oxygens (including phenoxy) is 1. The molecule has 168 valence electrons. The topological polar surface area (TPSA) is 83.0 Å². The third-order valence-electron chi connectivity index (χ3n) is 6.17. The van der Waals surface area contributed by atoms with Crippen LogP contribution < -0.4 is 0 Å². The number of rotatable bonds is 6. The van der Waals surface area contributed by atoms with Gasteiger partial charge in [-0.2, -0.15) is 0 Å². The molecule has 0 radical (unpaired) electrons. The molecule has 0 saturated carbocycles. The smallest absolute Gasteiger partial charge is 0.295 e. The number of ketones is 1. The molecule has 2 fully saturated rings. The Kier molecular flexibility index (Phi) is 6.67. The second-order valence-electron chi connectivity index (χ2n) is 8.40. The molecule has 1 unspecified atom stereocenters. The number of aliphatic hydroxyl groups excluding tert-OH is 1. The summed E-state index contributed by atoms with van der Waals surface area (Å²) in [7, 11) is 0. The molecule has 7 nitrogen and oxygen atoms in total. The monoisotopic (exact) mass is 435 g/mol. The Bertz CT molecular complexity index is 1030. The number of benzene rings is 1. The first-order valence-corrected chi connectivity index (χ1v) is 11.0. The Morgan fingerprint density at radius 3 is 2.66 bits per heavy atom. The molecule has 1 amide bonds. The number of carbonyl (C=O) groups is 2. The molecule has 0 bridgehead atoms. The Morgan fingerprint density at radius 2 is 1.94 bits per heavy atom. The Hall–Kier alpha value is -3.03. The molecule has 2 aliphatic rings. The second-order valence-corrected chi connectivity index (χ2v) is 8.40. The number of aromatic nitrogens is 1. The largest absolute Gasteiger partial charge is 0.507 e. The van der Waals surface area contributed by atoms with E-state index in [4.69, 9.17) is 4.74 Å². The molecule has 2 aromatic rings. The fraction of sp³-hybridized carbons (Fsp3) is 0.400. The van der Waals surface area contributed by atoms with Crippen molar-refractivity contribution in [1.82, 2.24) is 14.8 Å². The van der Waals surface area contributed by atoms with Crippen LogP contribution in [0.5, 0.6) is 0 Å². The van der Waals surface area contributed by atoms with Crippen molar-refractivity contribution in [1.29, 1.82) is 0 Å². The number of amides is 1. The lowest BCUT2D eigenvalue weighted by atomic mass is 9.94. The van der Waals surface area contributed by atoms with Gasteiger partial charge in [0.25, 0.3) is 11.7 Å². The van der Waals surface area contributed by atoms with Crippen molar-refractivity contribution >= 4 is 17.4 Å². The third-order valence-corrected chi connectivity index (χ3v) is 6.17. The summed E-state index contributed by atoms with van der Waals surface area (Å²) in [5.41, 5.74) is 3.23. The fourth-order valence-electron chi connectivity index (χ4n) is 4.42. The lowest BCUT2D eigenvalue weighted by molar-refractivity contribution is -0.140.